The molecule has 2 amide bonds. The van der Waals surface area contributed by atoms with Crippen LogP contribution in [0.1, 0.15) is 30.6 Å². The molecule has 0 aliphatic rings. The van der Waals surface area contributed by atoms with Crippen molar-refractivity contribution >= 4 is 38.8 Å². The Labute approximate surface area is 164 Å². The number of anilines is 2. The summed E-state index contributed by atoms with van der Waals surface area (Å²) in [7, 11) is -4.01. The number of rotatable bonds is 8. The molecule has 0 bridgehead atoms. The van der Waals surface area contributed by atoms with Gasteiger partial charge in [0.05, 0.1) is 0 Å². The largest absolute Gasteiger partial charge is 0.325 e. The van der Waals surface area contributed by atoms with Crippen molar-refractivity contribution in [2.45, 2.75) is 25.5 Å². The van der Waals surface area contributed by atoms with Crippen LogP contribution < -0.4 is 10.6 Å². The highest BCUT2D eigenvalue weighted by molar-refractivity contribution is 7.93. The molecular weight excluding hydrogens is 380 g/mol. The van der Waals surface area contributed by atoms with Gasteiger partial charge in [-0.2, -0.15) is 0 Å². The van der Waals surface area contributed by atoms with Gasteiger partial charge in [-0.25, -0.2) is 8.42 Å². The molecule has 0 spiro atoms. The number of carbonyl (C=O) groups excluding carboxylic acids is 3. The fourth-order valence-electron chi connectivity index (χ4n) is 2.62. The second-order valence-electron chi connectivity index (χ2n) is 6.24. The third-order valence-electron chi connectivity index (χ3n) is 4.05. The maximum Gasteiger partial charge on any atom is 0.242 e. The molecule has 0 radical (unpaired) electrons. The number of Topliss-reactive ketones (excluding diaryl/α,β-unsaturated/α-hetero) is 1. The van der Waals surface area contributed by atoms with Gasteiger partial charge in [-0.1, -0.05) is 25.1 Å². The number of ketones is 1. The Morgan fingerprint density at radius 3 is 2.00 bits per heavy atom. The van der Waals surface area contributed by atoms with E-state index in [0.717, 1.165) is 0 Å². The minimum Gasteiger partial charge on any atom is -0.325 e. The van der Waals surface area contributed by atoms with Crippen LogP contribution in [0.3, 0.4) is 0 Å². The molecule has 2 rings (SSSR count). The lowest BCUT2D eigenvalue weighted by Crippen LogP contribution is -2.39. The van der Waals surface area contributed by atoms with Crippen molar-refractivity contribution in [1.82, 2.24) is 0 Å². The molecule has 2 aromatic rings. The van der Waals surface area contributed by atoms with Crippen LogP contribution in [-0.2, 0) is 19.4 Å². The van der Waals surface area contributed by atoms with E-state index in [1.165, 1.54) is 19.1 Å². The minimum absolute atomic E-state index is 0.0261. The molecule has 0 heterocycles. The lowest BCUT2D eigenvalue weighted by atomic mass is 10.1. The van der Waals surface area contributed by atoms with Crippen LogP contribution >= 0.6 is 0 Å². The number of nitrogens with one attached hydrogen (secondary N) is 2. The molecule has 2 N–H and O–H groups in total. The summed E-state index contributed by atoms with van der Waals surface area (Å²) >= 11 is 0. The molecule has 0 aliphatic carbocycles. The van der Waals surface area contributed by atoms with Crippen molar-refractivity contribution in [1.29, 1.82) is 0 Å². The zero-order chi connectivity index (χ0) is 20.7. The van der Waals surface area contributed by atoms with Gasteiger partial charge in [-0.15, -0.1) is 0 Å². The number of para-hydroxylation sites is 1. The van der Waals surface area contributed by atoms with Gasteiger partial charge in [-0.05, 0) is 49.7 Å². The number of hydrogen-bond acceptors (Lipinski definition) is 5. The molecule has 0 saturated heterocycles. The molecule has 2 aromatic carbocycles. The normalized spacial score (nSPS) is 12.1. The SMILES string of the molecule is CCC(C(=O)Nc1ccc(C(C)=O)cc1)S(=O)(=O)CC(=O)Nc1ccccc1. The molecule has 8 heteroatoms. The van der Waals surface area contributed by atoms with E-state index in [9.17, 15) is 22.8 Å². The number of benzene rings is 2. The van der Waals surface area contributed by atoms with Gasteiger partial charge in [0.1, 0.15) is 11.0 Å². The third kappa shape index (κ3) is 5.75. The first-order valence-corrected chi connectivity index (χ1v) is 10.4. The lowest BCUT2D eigenvalue weighted by molar-refractivity contribution is -0.115. The van der Waals surface area contributed by atoms with E-state index in [1.807, 2.05) is 0 Å². The Morgan fingerprint density at radius 1 is 0.893 bits per heavy atom. The van der Waals surface area contributed by atoms with E-state index in [-0.39, 0.29) is 12.2 Å². The Balaban J connectivity index is 2.05. The Kier molecular flexibility index (Phi) is 7.06. The first-order chi connectivity index (χ1) is 13.2. The highest BCUT2D eigenvalue weighted by atomic mass is 32.2. The van der Waals surface area contributed by atoms with Crippen molar-refractivity contribution in [2.75, 3.05) is 16.4 Å². The molecule has 148 valence electrons. The Hall–Kier alpha value is -3.00. The van der Waals surface area contributed by atoms with Crippen LogP contribution in [0, 0.1) is 0 Å². The van der Waals surface area contributed by atoms with Crippen LogP contribution in [0.4, 0.5) is 11.4 Å². The molecular formula is C20H22N2O5S. The van der Waals surface area contributed by atoms with Crippen LogP contribution in [0.15, 0.2) is 54.6 Å². The topological polar surface area (TPSA) is 109 Å². The highest BCUT2D eigenvalue weighted by Gasteiger charge is 2.33. The Bertz CT molecular complexity index is 954. The summed E-state index contributed by atoms with van der Waals surface area (Å²) in [5.74, 6) is -2.33. The minimum atomic E-state index is -4.01. The highest BCUT2D eigenvalue weighted by Crippen LogP contribution is 2.15. The lowest BCUT2D eigenvalue weighted by Gasteiger charge is -2.16. The predicted octanol–water partition coefficient (Wildman–Crippen LogP) is 2.66. The predicted molar refractivity (Wildman–Crippen MR) is 108 cm³/mol. The van der Waals surface area contributed by atoms with Gasteiger partial charge in [0.25, 0.3) is 0 Å². The maximum absolute atomic E-state index is 12.6. The van der Waals surface area contributed by atoms with Crippen molar-refractivity contribution in [3.05, 3.63) is 60.2 Å². The second-order valence-corrected chi connectivity index (χ2v) is 8.42. The summed E-state index contributed by atoms with van der Waals surface area (Å²) in [6.45, 7) is 2.99. The van der Waals surface area contributed by atoms with Crippen LogP contribution in [0.2, 0.25) is 0 Å². The first-order valence-electron chi connectivity index (χ1n) is 8.71. The van der Waals surface area contributed by atoms with E-state index >= 15 is 0 Å². The van der Waals surface area contributed by atoms with Gasteiger partial charge in [0.15, 0.2) is 15.6 Å². The van der Waals surface area contributed by atoms with Crippen molar-refractivity contribution in [2.24, 2.45) is 0 Å². The summed E-state index contributed by atoms with van der Waals surface area (Å²) in [5.41, 5.74) is 1.33. The fourth-order valence-corrected chi connectivity index (χ4v) is 4.15. The number of sulfone groups is 1. The van der Waals surface area contributed by atoms with Crippen LogP contribution in [-0.4, -0.2) is 37.0 Å². The second kappa shape index (κ2) is 9.27. The van der Waals surface area contributed by atoms with E-state index < -0.39 is 32.7 Å². The molecule has 1 unspecified atom stereocenters. The summed E-state index contributed by atoms with van der Waals surface area (Å²) in [6.07, 6.45) is 0.0261. The van der Waals surface area contributed by atoms with Gasteiger partial charge in [0, 0.05) is 16.9 Å². The van der Waals surface area contributed by atoms with Crippen LogP contribution in [0.5, 0.6) is 0 Å². The van der Waals surface area contributed by atoms with Gasteiger partial charge in [0.2, 0.25) is 11.8 Å². The molecule has 7 nitrogen and oxygen atoms in total. The summed E-state index contributed by atoms with van der Waals surface area (Å²) in [6, 6.07) is 14.6. The van der Waals surface area contributed by atoms with Crippen molar-refractivity contribution in [3.63, 3.8) is 0 Å². The zero-order valence-corrected chi connectivity index (χ0v) is 16.5. The fraction of sp³-hybridized carbons (Fsp3) is 0.250. The van der Waals surface area contributed by atoms with E-state index in [2.05, 4.69) is 10.6 Å². The van der Waals surface area contributed by atoms with Crippen molar-refractivity contribution < 1.29 is 22.8 Å². The first kappa shape index (κ1) is 21.3. The van der Waals surface area contributed by atoms with E-state index in [4.69, 9.17) is 0 Å². The summed E-state index contributed by atoms with van der Waals surface area (Å²) in [5, 5.41) is 3.67. The monoisotopic (exact) mass is 402 g/mol. The van der Waals surface area contributed by atoms with Crippen molar-refractivity contribution in [3.8, 4) is 0 Å². The quantitative estimate of drug-likeness (QED) is 0.660. The summed E-state index contributed by atoms with van der Waals surface area (Å²) < 4.78 is 25.1. The average Bonchev–Trinajstić information content (AvgIpc) is 2.62. The number of carbonyl (C=O) groups is 3. The van der Waals surface area contributed by atoms with Gasteiger partial charge >= 0.3 is 0 Å². The third-order valence-corrected chi connectivity index (χ3v) is 6.12. The molecule has 0 aliphatic heterocycles. The average molecular weight is 402 g/mol. The molecule has 28 heavy (non-hydrogen) atoms. The molecule has 0 fully saturated rings. The Morgan fingerprint density at radius 2 is 1.46 bits per heavy atom. The standard InChI is InChI=1S/C20H22N2O5S/c1-3-18(20(25)22-17-11-9-15(10-12-17)14(2)23)28(26,27)13-19(24)21-16-7-5-4-6-8-16/h4-12,18H,3,13H2,1-2H3,(H,21,24)(H,22,25). The molecule has 0 aromatic heterocycles. The summed E-state index contributed by atoms with van der Waals surface area (Å²) in [4.78, 5) is 35.8. The molecule has 1 atom stereocenters. The zero-order valence-electron chi connectivity index (χ0n) is 15.6. The smallest absolute Gasteiger partial charge is 0.242 e. The number of amides is 2. The molecule has 0 saturated carbocycles. The van der Waals surface area contributed by atoms with E-state index in [0.29, 0.717) is 16.9 Å². The number of hydrogen-bond donors (Lipinski definition) is 2. The maximum atomic E-state index is 12.6. The van der Waals surface area contributed by atoms with Crippen LogP contribution in [0.25, 0.3) is 0 Å². The van der Waals surface area contributed by atoms with Gasteiger partial charge in [-0.3, -0.25) is 14.4 Å². The van der Waals surface area contributed by atoms with Gasteiger partial charge < -0.3 is 10.6 Å². The van der Waals surface area contributed by atoms with E-state index in [1.54, 1.807) is 49.4 Å².